The van der Waals surface area contributed by atoms with Crippen LogP contribution >= 0.6 is 15.9 Å². The summed E-state index contributed by atoms with van der Waals surface area (Å²) in [6, 6.07) is 16.8. The highest BCUT2D eigenvalue weighted by molar-refractivity contribution is 9.09. The van der Waals surface area contributed by atoms with Gasteiger partial charge in [-0.1, -0.05) is 64.0 Å². The summed E-state index contributed by atoms with van der Waals surface area (Å²) in [5, 5.41) is 0. The Hall–Kier alpha value is -1.28. The molecule has 1 atom stereocenters. The van der Waals surface area contributed by atoms with Crippen molar-refractivity contribution in [3.05, 3.63) is 65.2 Å². The standard InChI is InChI=1S/C16H17BrO/c1-12-7-9-13(10-8-12)11-15(17)14-5-3-4-6-16(14)18-2/h3-10,15H,11H2,1-2H3. The molecule has 0 spiro atoms. The van der Waals surface area contributed by atoms with E-state index >= 15 is 0 Å². The van der Waals surface area contributed by atoms with Gasteiger partial charge in [0.25, 0.3) is 0 Å². The number of para-hydroxylation sites is 1. The molecule has 0 aliphatic rings. The van der Waals surface area contributed by atoms with Crippen molar-refractivity contribution in [1.29, 1.82) is 0 Å². The van der Waals surface area contributed by atoms with Crippen LogP contribution in [0.15, 0.2) is 48.5 Å². The van der Waals surface area contributed by atoms with Crippen LogP contribution in [0.25, 0.3) is 0 Å². The first-order chi connectivity index (χ1) is 8.70. The van der Waals surface area contributed by atoms with E-state index in [2.05, 4.69) is 53.2 Å². The van der Waals surface area contributed by atoms with E-state index < -0.39 is 0 Å². The van der Waals surface area contributed by atoms with Gasteiger partial charge >= 0.3 is 0 Å². The fourth-order valence-electron chi connectivity index (χ4n) is 1.97. The van der Waals surface area contributed by atoms with E-state index in [-0.39, 0.29) is 4.83 Å². The number of halogens is 1. The Kier molecular flexibility index (Phi) is 4.43. The maximum absolute atomic E-state index is 5.39. The van der Waals surface area contributed by atoms with Crippen LogP contribution in [0.2, 0.25) is 0 Å². The fourth-order valence-corrected chi connectivity index (χ4v) is 2.72. The first-order valence-corrected chi connectivity index (χ1v) is 6.95. The van der Waals surface area contributed by atoms with Crippen molar-refractivity contribution in [2.75, 3.05) is 7.11 Å². The highest BCUT2D eigenvalue weighted by Gasteiger charge is 2.12. The summed E-state index contributed by atoms with van der Waals surface area (Å²) in [6.07, 6.45) is 0.959. The van der Waals surface area contributed by atoms with Crippen LogP contribution in [0.4, 0.5) is 0 Å². The molecule has 2 heteroatoms. The molecule has 0 heterocycles. The molecule has 0 radical (unpaired) electrons. The summed E-state index contributed by atoms with van der Waals surface area (Å²) in [7, 11) is 1.71. The molecular weight excluding hydrogens is 288 g/mol. The van der Waals surface area contributed by atoms with Gasteiger partial charge in [0.05, 0.1) is 7.11 Å². The van der Waals surface area contributed by atoms with Gasteiger partial charge in [0.2, 0.25) is 0 Å². The number of hydrogen-bond donors (Lipinski definition) is 0. The normalized spacial score (nSPS) is 12.2. The van der Waals surface area contributed by atoms with E-state index in [1.165, 1.54) is 16.7 Å². The summed E-state index contributed by atoms with van der Waals surface area (Å²) < 4.78 is 5.39. The lowest BCUT2D eigenvalue weighted by Gasteiger charge is -2.14. The quantitative estimate of drug-likeness (QED) is 0.745. The van der Waals surface area contributed by atoms with E-state index in [9.17, 15) is 0 Å². The van der Waals surface area contributed by atoms with Gasteiger partial charge in [-0.15, -0.1) is 0 Å². The van der Waals surface area contributed by atoms with Crippen molar-refractivity contribution >= 4 is 15.9 Å². The zero-order chi connectivity index (χ0) is 13.0. The molecule has 0 aromatic heterocycles. The van der Waals surface area contributed by atoms with Crippen LogP contribution in [-0.4, -0.2) is 7.11 Å². The molecule has 0 N–H and O–H groups in total. The lowest BCUT2D eigenvalue weighted by atomic mass is 10.0. The maximum Gasteiger partial charge on any atom is 0.123 e. The first kappa shape index (κ1) is 13.2. The predicted octanol–water partition coefficient (Wildman–Crippen LogP) is 4.68. The third-order valence-corrected chi connectivity index (χ3v) is 3.83. The summed E-state index contributed by atoms with van der Waals surface area (Å²) in [5.74, 6) is 0.937. The molecule has 94 valence electrons. The molecule has 0 saturated heterocycles. The molecule has 0 aliphatic heterocycles. The van der Waals surface area contributed by atoms with Crippen LogP contribution in [-0.2, 0) is 6.42 Å². The number of aryl methyl sites for hydroxylation is 1. The summed E-state index contributed by atoms with van der Waals surface area (Å²) in [4.78, 5) is 0.274. The van der Waals surface area contributed by atoms with Crippen molar-refractivity contribution in [3.63, 3.8) is 0 Å². The Bertz CT molecular complexity index is 505. The van der Waals surface area contributed by atoms with E-state index in [0.717, 1.165) is 12.2 Å². The molecule has 2 rings (SSSR count). The molecule has 1 unspecified atom stereocenters. The van der Waals surface area contributed by atoms with Gasteiger partial charge < -0.3 is 4.74 Å². The number of hydrogen-bond acceptors (Lipinski definition) is 1. The molecule has 0 aliphatic carbocycles. The van der Waals surface area contributed by atoms with Crippen molar-refractivity contribution < 1.29 is 4.74 Å². The van der Waals surface area contributed by atoms with Gasteiger partial charge in [0.15, 0.2) is 0 Å². The van der Waals surface area contributed by atoms with E-state index in [1.807, 2.05) is 18.2 Å². The lowest BCUT2D eigenvalue weighted by Crippen LogP contribution is -1.98. The Morgan fingerprint density at radius 2 is 1.72 bits per heavy atom. The van der Waals surface area contributed by atoms with Crippen molar-refractivity contribution in [1.82, 2.24) is 0 Å². The van der Waals surface area contributed by atoms with Gasteiger partial charge in [-0.2, -0.15) is 0 Å². The van der Waals surface area contributed by atoms with E-state index in [4.69, 9.17) is 4.74 Å². The van der Waals surface area contributed by atoms with Crippen LogP contribution in [0.3, 0.4) is 0 Å². The van der Waals surface area contributed by atoms with E-state index in [1.54, 1.807) is 7.11 Å². The zero-order valence-corrected chi connectivity index (χ0v) is 12.3. The maximum atomic E-state index is 5.39. The smallest absolute Gasteiger partial charge is 0.123 e. The third kappa shape index (κ3) is 3.14. The second-order valence-corrected chi connectivity index (χ2v) is 5.50. The van der Waals surface area contributed by atoms with Gasteiger partial charge in [-0.25, -0.2) is 0 Å². The molecule has 1 nitrogen and oxygen atoms in total. The minimum Gasteiger partial charge on any atom is -0.496 e. The molecule has 0 saturated carbocycles. The number of rotatable bonds is 4. The minimum atomic E-state index is 0.274. The fraction of sp³-hybridized carbons (Fsp3) is 0.250. The Labute approximate surface area is 117 Å². The molecule has 2 aromatic carbocycles. The molecular formula is C16H17BrO. The Morgan fingerprint density at radius 1 is 1.06 bits per heavy atom. The third-order valence-electron chi connectivity index (χ3n) is 3.01. The topological polar surface area (TPSA) is 9.23 Å². The average molecular weight is 305 g/mol. The number of alkyl halides is 1. The second kappa shape index (κ2) is 6.05. The van der Waals surface area contributed by atoms with Crippen LogP contribution in [0.1, 0.15) is 21.5 Å². The molecule has 2 aromatic rings. The van der Waals surface area contributed by atoms with Crippen LogP contribution in [0.5, 0.6) is 5.75 Å². The van der Waals surface area contributed by atoms with Crippen LogP contribution in [0, 0.1) is 6.92 Å². The lowest BCUT2D eigenvalue weighted by molar-refractivity contribution is 0.409. The summed E-state index contributed by atoms with van der Waals surface area (Å²) in [5.41, 5.74) is 3.82. The van der Waals surface area contributed by atoms with Crippen molar-refractivity contribution in [2.45, 2.75) is 18.2 Å². The molecule has 18 heavy (non-hydrogen) atoms. The Morgan fingerprint density at radius 3 is 2.39 bits per heavy atom. The highest BCUT2D eigenvalue weighted by atomic mass is 79.9. The summed E-state index contributed by atoms with van der Waals surface area (Å²) in [6.45, 7) is 2.11. The van der Waals surface area contributed by atoms with Crippen molar-refractivity contribution in [3.8, 4) is 5.75 Å². The van der Waals surface area contributed by atoms with Crippen LogP contribution < -0.4 is 4.74 Å². The number of methoxy groups -OCH3 is 1. The highest BCUT2D eigenvalue weighted by Crippen LogP contribution is 2.33. The van der Waals surface area contributed by atoms with Gasteiger partial charge in [0, 0.05) is 10.4 Å². The monoisotopic (exact) mass is 304 g/mol. The van der Waals surface area contributed by atoms with E-state index in [0.29, 0.717) is 0 Å². The molecule has 0 bridgehead atoms. The Balaban J connectivity index is 2.16. The van der Waals surface area contributed by atoms with Gasteiger partial charge in [0.1, 0.15) is 5.75 Å². The van der Waals surface area contributed by atoms with Crippen molar-refractivity contribution in [2.24, 2.45) is 0 Å². The van der Waals surface area contributed by atoms with Gasteiger partial charge in [-0.3, -0.25) is 0 Å². The number of benzene rings is 2. The molecule has 0 amide bonds. The predicted molar refractivity (Wildman–Crippen MR) is 79.5 cm³/mol. The average Bonchev–Trinajstić information content (AvgIpc) is 2.41. The second-order valence-electron chi connectivity index (χ2n) is 4.40. The minimum absolute atomic E-state index is 0.274. The number of ether oxygens (including phenoxy) is 1. The zero-order valence-electron chi connectivity index (χ0n) is 10.7. The van der Waals surface area contributed by atoms with Gasteiger partial charge in [-0.05, 0) is 25.0 Å². The largest absolute Gasteiger partial charge is 0.496 e. The molecule has 0 fully saturated rings. The summed E-state index contributed by atoms with van der Waals surface area (Å²) >= 11 is 3.75. The first-order valence-electron chi connectivity index (χ1n) is 6.03. The SMILES string of the molecule is COc1ccccc1C(Br)Cc1ccc(C)cc1.